The van der Waals surface area contributed by atoms with E-state index in [9.17, 15) is 14.7 Å². The van der Waals surface area contributed by atoms with Gasteiger partial charge in [0.05, 0.1) is 0 Å². The Balaban J connectivity index is 2.10. The van der Waals surface area contributed by atoms with E-state index in [2.05, 4.69) is 0 Å². The summed E-state index contributed by atoms with van der Waals surface area (Å²) >= 11 is 0. The van der Waals surface area contributed by atoms with Crippen molar-refractivity contribution < 1.29 is 24.2 Å². The zero-order valence-corrected chi connectivity index (χ0v) is 12.1. The molecule has 0 aromatic heterocycles. The highest BCUT2D eigenvalue weighted by Crippen LogP contribution is 2.52. The lowest BCUT2D eigenvalue weighted by Crippen LogP contribution is -2.61. The summed E-state index contributed by atoms with van der Waals surface area (Å²) in [5.41, 5.74) is -0.908. The maximum absolute atomic E-state index is 11.8. The van der Waals surface area contributed by atoms with E-state index in [4.69, 9.17) is 9.47 Å². The van der Waals surface area contributed by atoms with Gasteiger partial charge in [0.25, 0.3) is 0 Å². The summed E-state index contributed by atoms with van der Waals surface area (Å²) in [7, 11) is 0. The quantitative estimate of drug-likeness (QED) is 0.680. The van der Waals surface area contributed by atoms with Crippen molar-refractivity contribution in [2.75, 3.05) is 0 Å². The number of carbonyl (C=O) groups is 2. The number of rotatable bonds is 0. The largest absolute Gasteiger partial charge is 0.456 e. The van der Waals surface area contributed by atoms with E-state index in [1.165, 1.54) is 0 Å². The smallest absolute Gasteiger partial charge is 0.334 e. The van der Waals surface area contributed by atoms with Crippen LogP contribution in [0.1, 0.15) is 46.5 Å². The molecule has 1 N–H and O–H groups in total. The minimum atomic E-state index is -1.39. The zero-order valence-electron chi connectivity index (χ0n) is 12.1. The number of fused-ring (bicyclic) bond motifs is 1. The summed E-state index contributed by atoms with van der Waals surface area (Å²) in [5.74, 6) is -0.640. The van der Waals surface area contributed by atoms with Gasteiger partial charge in [-0.2, -0.15) is 0 Å². The van der Waals surface area contributed by atoms with Crippen LogP contribution in [0.5, 0.6) is 0 Å². The predicted octanol–water partition coefficient (Wildman–Crippen LogP) is 1.48. The van der Waals surface area contributed by atoms with E-state index in [-0.39, 0.29) is 17.9 Å². The fourth-order valence-electron chi connectivity index (χ4n) is 3.99. The lowest BCUT2D eigenvalue weighted by Gasteiger charge is -2.45. The molecule has 4 atom stereocenters. The second-order valence-corrected chi connectivity index (χ2v) is 6.39. The third-order valence-electron chi connectivity index (χ3n) is 5.34. The predicted molar refractivity (Wildman–Crippen MR) is 69.7 cm³/mol. The van der Waals surface area contributed by atoms with Gasteiger partial charge in [0.15, 0.2) is 6.10 Å². The van der Waals surface area contributed by atoms with Crippen molar-refractivity contribution in [3.8, 4) is 0 Å². The second kappa shape index (κ2) is 4.07. The van der Waals surface area contributed by atoms with E-state index in [1.54, 1.807) is 13.8 Å². The van der Waals surface area contributed by atoms with E-state index in [0.29, 0.717) is 24.8 Å². The van der Waals surface area contributed by atoms with Crippen LogP contribution in [0.3, 0.4) is 0 Å². The monoisotopic (exact) mass is 280 g/mol. The molecular formula is C15H20O5. The number of aliphatic hydroxyl groups is 1. The zero-order chi connectivity index (χ0) is 14.7. The Morgan fingerprint density at radius 1 is 1.30 bits per heavy atom. The molecule has 0 unspecified atom stereocenters. The Morgan fingerprint density at radius 3 is 2.60 bits per heavy atom. The first-order chi connectivity index (χ1) is 9.29. The maximum atomic E-state index is 11.8. The van der Waals surface area contributed by atoms with Gasteiger partial charge >= 0.3 is 11.9 Å². The van der Waals surface area contributed by atoms with Gasteiger partial charge in [-0.3, -0.25) is 4.79 Å². The molecular weight excluding hydrogens is 260 g/mol. The van der Waals surface area contributed by atoms with Gasteiger partial charge in [-0.05, 0) is 38.2 Å². The minimum absolute atomic E-state index is 0.0218. The Morgan fingerprint density at radius 2 is 2.00 bits per heavy atom. The van der Waals surface area contributed by atoms with Crippen molar-refractivity contribution in [3.63, 3.8) is 0 Å². The molecule has 0 bridgehead atoms. The Bertz CT molecular complexity index is 518. The van der Waals surface area contributed by atoms with Gasteiger partial charge in [0.1, 0.15) is 11.2 Å². The van der Waals surface area contributed by atoms with Gasteiger partial charge in [-0.15, -0.1) is 0 Å². The first-order valence-corrected chi connectivity index (χ1v) is 7.14. The molecule has 2 heterocycles. The highest BCUT2D eigenvalue weighted by Gasteiger charge is 2.64. The SMILES string of the molecule is CC1=C2CC[C@@H](C)[C@@]3(CCC(=O)O3)[C@@](C)(O)[C@@H]2OC1=O. The number of hydrogen-bond donors (Lipinski definition) is 1. The summed E-state index contributed by atoms with van der Waals surface area (Å²) in [6, 6.07) is 0. The molecule has 2 fully saturated rings. The highest BCUT2D eigenvalue weighted by molar-refractivity contribution is 5.92. The third-order valence-corrected chi connectivity index (χ3v) is 5.34. The number of hydrogen-bond acceptors (Lipinski definition) is 5. The topological polar surface area (TPSA) is 72.8 Å². The number of carbonyl (C=O) groups excluding carboxylic acids is 2. The van der Waals surface area contributed by atoms with E-state index in [0.717, 1.165) is 12.0 Å². The average molecular weight is 280 g/mol. The minimum Gasteiger partial charge on any atom is -0.456 e. The molecule has 110 valence electrons. The van der Waals surface area contributed by atoms with Crippen LogP contribution in [0.15, 0.2) is 11.1 Å². The molecule has 5 nitrogen and oxygen atoms in total. The second-order valence-electron chi connectivity index (χ2n) is 6.39. The van der Waals surface area contributed by atoms with Gasteiger partial charge in [0.2, 0.25) is 0 Å². The lowest BCUT2D eigenvalue weighted by molar-refractivity contribution is -0.213. The summed E-state index contributed by atoms with van der Waals surface area (Å²) in [6.07, 6.45) is 1.53. The lowest BCUT2D eigenvalue weighted by atomic mass is 9.71. The van der Waals surface area contributed by atoms with Crippen molar-refractivity contribution >= 4 is 11.9 Å². The highest BCUT2D eigenvalue weighted by atomic mass is 16.6. The van der Waals surface area contributed by atoms with Crippen molar-refractivity contribution in [1.82, 2.24) is 0 Å². The Labute approximate surface area is 117 Å². The van der Waals surface area contributed by atoms with Crippen LogP contribution in [-0.2, 0) is 19.1 Å². The third kappa shape index (κ3) is 1.53. The summed E-state index contributed by atoms with van der Waals surface area (Å²) in [6.45, 7) is 5.35. The van der Waals surface area contributed by atoms with E-state index < -0.39 is 17.3 Å². The molecule has 20 heavy (non-hydrogen) atoms. The molecule has 1 saturated carbocycles. The molecule has 0 aromatic rings. The molecule has 1 saturated heterocycles. The molecule has 5 heteroatoms. The van der Waals surface area contributed by atoms with E-state index >= 15 is 0 Å². The summed E-state index contributed by atoms with van der Waals surface area (Å²) in [4.78, 5) is 23.4. The van der Waals surface area contributed by atoms with Crippen LogP contribution in [0, 0.1) is 5.92 Å². The van der Waals surface area contributed by atoms with Crippen LogP contribution in [0.4, 0.5) is 0 Å². The van der Waals surface area contributed by atoms with Gasteiger partial charge in [0, 0.05) is 18.4 Å². The van der Waals surface area contributed by atoms with E-state index in [1.807, 2.05) is 6.92 Å². The normalized spacial score (nSPS) is 44.4. The first kappa shape index (κ1) is 13.6. The van der Waals surface area contributed by atoms with Crippen LogP contribution in [0.2, 0.25) is 0 Å². The first-order valence-electron chi connectivity index (χ1n) is 7.14. The maximum Gasteiger partial charge on any atom is 0.334 e. The molecule has 2 aliphatic heterocycles. The van der Waals surface area contributed by atoms with Crippen molar-refractivity contribution in [2.24, 2.45) is 5.92 Å². The summed E-state index contributed by atoms with van der Waals surface area (Å²) < 4.78 is 11.0. The van der Waals surface area contributed by atoms with Crippen LogP contribution in [-0.4, -0.2) is 34.4 Å². The fourth-order valence-corrected chi connectivity index (χ4v) is 3.99. The standard InChI is InChI=1S/C15H20O5/c1-8-4-5-10-9(2)13(17)19-12(10)14(3,18)15(8)7-6-11(16)20-15/h8,12,18H,4-7H2,1-3H3/t8-,12-,14+,15+/m1/s1. The van der Waals surface area contributed by atoms with Crippen LogP contribution < -0.4 is 0 Å². The fraction of sp³-hybridized carbons (Fsp3) is 0.733. The van der Waals surface area contributed by atoms with Crippen LogP contribution in [0.25, 0.3) is 0 Å². The van der Waals surface area contributed by atoms with Crippen LogP contribution >= 0.6 is 0 Å². The molecule has 3 aliphatic rings. The molecule has 3 rings (SSSR count). The Kier molecular flexibility index (Phi) is 2.77. The molecule has 0 amide bonds. The van der Waals surface area contributed by atoms with Crippen molar-refractivity contribution in [3.05, 3.63) is 11.1 Å². The number of ether oxygens (including phenoxy) is 2. The van der Waals surface area contributed by atoms with Gasteiger partial charge < -0.3 is 14.6 Å². The summed E-state index contributed by atoms with van der Waals surface area (Å²) in [5, 5.41) is 11.1. The van der Waals surface area contributed by atoms with Crippen molar-refractivity contribution in [1.29, 1.82) is 0 Å². The Hall–Kier alpha value is -1.36. The number of esters is 2. The molecule has 0 radical (unpaired) electrons. The van der Waals surface area contributed by atoms with Crippen molar-refractivity contribution in [2.45, 2.75) is 63.8 Å². The average Bonchev–Trinajstić information content (AvgIpc) is 2.89. The molecule has 1 aliphatic carbocycles. The molecule has 1 spiro atoms. The van der Waals surface area contributed by atoms with Gasteiger partial charge in [-0.1, -0.05) is 6.92 Å². The van der Waals surface area contributed by atoms with Gasteiger partial charge in [-0.25, -0.2) is 4.79 Å². The molecule has 0 aromatic carbocycles.